The molecule has 25 heavy (non-hydrogen) atoms. The van der Waals surface area contributed by atoms with Crippen LogP contribution in [0.3, 0.4) is 0 Å². The number of nitrogens with zero attached hydrogens (tertiary/aromatic N) is 2. The SMILES string of the molecule is Cc1ccc(S(=O)(=O)[N-]N=C2c3ccccc3-c3ccccc32)cc1. The predicted molar refractivity (Wildman–Crippen MR) is 99.2 cm³/mol. The van der Waals surface area contributed by atoms with E-state index in [1.165, 1.54) is 0 Å². The summed E-state index contributed by atoms with van der Waals surface area (Å²) >= 11 is 0. The molecule has 4 nitrogen and oxygen atoms in total. The first kappa shape index (κ1) is 15.6. The first-order chi connectivity index (χ1) is 12.1. The molecule has 0 heterocycles. The van der Waals surface area contributed by atoms with Crippen LogP contribution in [0.1, 0.15) is 16.7 Å². The third-order valence-electron chi connectivity index (χ3n) is 4.22. The van der Waals surface area contributed by atoms with Gasteiger partial charge in [0, 0.05) is 11.1 Å². The van der Waals surface area contributed by atoms with E-state index in [4.69, 9.17) is 0 Å². The van der Waals surface area contributed by atoms with Gasteiger partial charge in [-0.25, -0.2) is 8.42 Å². The summed E-state index contributed by atoms with van der Waals surface area (Å²) in [7, 11) is -3.83. The van der Waals surface area contributed by atoms with Gasteiger partial charge < -0.3 is 9.93 Å². The first-order valence-electron chi connectivity index (χ1n) is 7.87. The van der Waals surface area contributed by atoms with E-state index >= 15 is 0 Å². The van der Waals surface area contributed by atoms with E-state index in [0.29, 0.717) is 5.71 Å². The van der Waals surface area contributed by atoms with Crippen molar-refractivity contribution in [2.45, 2.75) is 11.8 Å². The molecule has 3 aromatic carbocycles. The van der Waals surface area contributed by atoms with Gasteiger partial charge >= 0.3 is 0 Å². The van der Waals surface area contributed by atoms with Crippen molar-refractivity contribution in [1.82, 2.24) is 0 Å². The minimum atomic E-state index is -3.83. The maximum absolute atomic E-state index is 12.5. The zero-order valence-corrected chi connectivity index (χ0v) is 14.4. The fourth-order valence-corrected chi connectivity index (χ4v) is 3.72. The third kappa shape index (κ3) is 2.72. The van der Waals surface area contributed by atoms with E-state index in [1.54, 1.807) is 24.3 Å². The van der Waals surface area contributed by atoms with Crippen molar-refractivity contribution in [2.24, 2.45) is 5.10 Å². The summed E-state index contributed by atoms with van der Waals surface area (Å²) in [5, 5.41) is 4.13. The summed E-state index contributed by atoms with van der Waals surface area (Å²) in [5.74, 6) is 0. The van der Waals surface area contributed by atoms with Gasteiger partial charge in [0.2, 0.25) is 0 Å². The highest BCUT2D eigenvalue weighted by atomic mass is 32.2. The molecule has 0 fully saturated rings. The van der Waals surface area contributed by atoms with Crippen LogP contribution < -0.4 is 0 Å². The van der Waals surface area contributed by atoms with Crippen molar-refractivity contribution in [3.8, 4) is 11.1 Å². The van der Waals surface area contributed by atoms with Crippen LogP contribution in [0.4, 0.5) is 0 Å². The number of rotatable bonds is 3. The Bertz CT molecular complexity index is 1040. The predicted octanol–water partition coefficient (Wildman–Crippen LogP) is 4.49. The highest BCUT2D eigenvalue weighted by Gasteiger charge is 2.22. The Balaban J connectivity index is 1.76. The highest BCUT2D eigenvalue weighted by Crippen LogP contribution is 2.37. The summed E-state index contributed by atoms with van der Waals surface area (Å²) in [5.41, 5.74) is 5.45. The van der Waals surface area contributed by atoms with Gasteiger partial charge in [0.25, 0.3) is 0 Å². The van der Waals surface area contributed by atoms with Crippen molar-refractivity contribution < 1.29 is 8.42 Å². The van der Waals surface area contributed by atoms with Crippen molar-refractivity contribution in [3.05, 3.63) is 94.3 Å². The number of hydrogen-bond donors (Lipinski definition) is 0. The molecule has 1 aliphatic rings. The third-order valence-corrected chi connectivity index (χ3v) is 5.39. The molecule has 0 unspecified atom stereocenters. The van der Waals surface area contributed by atoms with Crippen molar-refractivity contribution in [3.63, 3.8) is 0 Å². The van der Waals surface area contributed by atoms with E-state index in [1.807, 2.05) is 55.5 Å². The Kier molecular flexibility index (Phi) is 3.66. The number of aryl methyl sites for hydroxylation is 1. The molecule has 0 saturated heterocycles. The van der Waals surface area contributed by atoms with Gasteiger partial charge in [0.15, 0.2) is 0 Å². The lowest BCUT2D eigenvalue weighted by atomic mass is 10.1. The Hall–Kier alpha value is -2.92. The van der Waals surface area contributed by atoms with Gasteiger partial charge in [0.1, 0.15) is 10.0 Å². The zero-order chi connectivity index (χ0) is 17.4. The minimum absolute atomic E-state index is 0.141. The van der Waals surface area contributed by atoms with Crippen molar-refractivity contribution in [2.75, 3.05) is 0 Å². The molecule has 0 aromatic heterocycles. The summed E-state index contributed by atoms with van der Waals surface area (Å²) in [4.78, 5) is 3.84. The van der Waals surface area contributed by atoms with Gasteiger partial charge in [-0.2, -0.15) is 0 Å². The largest absolute Gasteiger partial charge is 0.490 e. The monoisotopic (exact) mass is 347 g/mol. The van der Waals surface area contributed by atoms with E-state index in [0.717, 1.165) is 27.8 Å². The average Bonchev–Trinajstić information content (AvgIpc) is 2.94. The fourth-order valence-electron chi connectivity index (χ4n) is 2.95. The molecule has 0 amide bonds. The van der Waals surface area contributed by atoms with E-state index < -0.39 is 10.0 Å². The van der Waals surface area contributed by atoms with Crippen molar-refractivity contribution in [1.29, 1.82) is 0 Å². The summed E-state index contributed by atoms with van der Waals surface area (Å²) < 4.78 is 24.9. The second-order valence-electron chi connectivity index (χ2n) is 5.91. The van der Waals surface area contributed by atoms with Crippen LogP contribution in [0, 0.1) is 6.92 Å². The van der Waals surface area contributed by atoms with Gasteiger partial charge in [-0.1, -0.05) is 66.2 Å². The van der Waals surface area contributed by atoms with Gasteiger partial charge in [-0.05, 0) is 30.2 Å². The van der Waals surface area contributed by atoms with Crippen LogP contribution in [-0.4, -0.2) is 14.1 Å². The molecular weight excluding hydrogens is 332 g/mol. The van der Waals surface area contributed by atoms with Crippen LogP contribution in [-0.2, 0) is 10.0 Å². The topological polar surface area (TPSA) is 60.6 Å². The molecule has 0 spiro atoms. The van der Waals surface area contributed by atoms with Crippen LogP contribution in [0.25, 0.3) is 16.0 Å². The average molecular weight is 347 g/mol. The van der Waals surface area contributed by atoms with Gasteiger partial charge in [-0.3, -0.25) is 0 Å². The maximum Gasteiger partial charge on any atom is 0.135 e. The minimum Gasteiger partial charge on any atom is -0.490 e. The molecule has 0 aliphatic heterocycles. The van der Waals surface area contributed by atoms with Crippen LogP contribution in [0.5, 0.6) is 0 Å². The molecule has 3 aromatic rings. The first-order valence-corrected chi connectivity index (χ1v) is 9.31. The number of fused-ring (bicyclic) bond motifs is 3. The van der Waals surface area contributed by atoms with Crippen LogP contribution in [0.2, 0.25) is 0 Å². The number of sulfonamides is 1. The van der Waals surface area contributed by atoms with E-state index in [2.05, 4.69) is 9.93 Å². The standard InChI is InChI=1S/C20H15N2O2S/c1-14-10-12-15(13-11-14)25(23,24)22-21-20-18-8-4-2-6-16(18)17-7-3-5-9-19(17)20/h2-13H,1H3/q-1. The van der Waals surface area contributed by atoms with E-state index in [-0.39, 0.29) is 4.90 Å². The molecule has 5 heteroatoms. The maximum atomic E-state index is 12.5. The Labute approximate surface area is 146 Å². The zero-order valence-electron chi connectivity index (χ0n) is 13.5. The Morgan fingerprint density at radius 3 is 1.72 bits per heavy atom. The number of benzene rings is 3. The lowest BCUT2D eigenvalue weighted by Gasteiger charge is -2.18. The molecular formula is C20H15N2O2S-. The highest BCUT2D eigenvalue weighted by molar-refractivity contribution is 7.93. The molecule has 1 aliphatic carbocycles. The summed E-state index contributed by atoms with van der Waals surface area (Å²) in [6.07, 6.45) is 0. The molecule has 0 atom stereocenters. The second kappa shape index (κ2) is 5.86. The van der Waals surface area contributed by atoms with Crippen LogP contribution in [0.15, 0.2) is 82.8 Å². The molecule has 0 saturated carbocycles. The van der Waals surface area contributed by atoms with Crippen molar-refractivity contribution >= 4 is 15.7 Å². The lowest BCUT2D eigenvalue weighted by Crippen LogP contribution is -2.02. The van der Waals surface area contributed by atoms with Gasteiger partial charge in [0.05, 0.1) is 10.6 Å². The summed E-state index contributed by atoms with van der Waals surface area (Å²) in [6.45, 7) is 1.90. The normalized spacial score (nSPS) is 12.4. The van der Waals surface area contributed by atoms with E-state index in [9.17, 15) is 8.42 Å². The Morgan fingerprint density at radius 2 is 1.20 bits per heavy atom. The lowest BCUT2D eigenvalue weighted by molar-refractivity contribution is 0.602. The Morgan fingerprint density at radius 1 is 0.720 bits per heavy atom. The molecule has 0 N–H and O–H groups in total. The molecule has 0 radical (unpaired) electrons. The molecule has 4 rings (SSSR count). The quantitative estimate of drug-likeness (QED) is 0.513. The smallest absolute Gasteiger partial charge is 0.135 e. The molecule has 0 bridgehead atoms. The van der Waals surface area contributed by atoms with Crippen LogP contribution >= 0.6 is 0 Å². The fraction of sp³-hybridized carbons (Fsp3) is 0.0500. The second-order valence-corrected chi connectivity index (χ2v) is 7.49. The molecule has 124 valence electrons. The van der Waals surface area contributed by atoms with Gasteiger partial charge in [-0.15, -0.1) is 0 Å². The number of hydrogen-bond acceptors (Lipinski definition) is 3. The summed E-state index contributed by atoms with van der Waals surface area (Å²) in [6, 6.07) is 22.2.